The van der Waals surface area contributed by atoms with Gasteiger partial charge in [-0.05, 0) is 37.4 Å². The van der Waals surface area contributed by atoms with E-state index in [2.05, 4.69) is 11.4 Å². The molecule has 1 aliphatic rings. The fraction of sp³-hybridized carbons (Fsp3) is 0.467. The molecule has 0 unspecified atom stereocenters. The fourth-order valence-corrected chi connectivity index (χ4v) is 2.45. The molecular formula is C15H20N2O3. The van der Waals surface area contributed by atoms with E-state index < -0.39 is 5.97 Å². The Morgan fingerprint density at radius 3 is 2.90 bits per heavy atom. The summed E-state index contributed by atoms with van der Waals surface area (Å²) < 4.78 is 0. The molecule has 1 aliphatic heterocycles. The number of aliphatic carboxylic acids is 1. The van der Waals surface area contributed by atoms with Crippen LogP contribution in [0.15, 0.2) is 24.3 Å². The number of fused-ring (bicyclic) bond motifs is 1. The van der Waals surface area contributed by atoms with Gasteiger partial charge in [0.05, 0.1) is 6.54 Å². The summed E-state index contributed by atoms with van der Waals surface area (Å²) in [6.45, 7) is 1.56. The van der Waals surface area contributed by atoms with Crippen molar-refractivity contribution in [1.29, 1.82) is 0 Å². The van der Waals surface area contributed by atoms with E-state index in [1.165, 1.54) is 5.56 Å². The number of carboxylic acid groups (broad SMARTS) is 1. The summed E-state index contributed by atoms with van der Waals surface area (Å²) in [6.07, 6.45) is 2.68. The topological polar surface area (TPSA) is 69.6 Å². The first-order chi connectivity index (χ1) is 9.68. The minimum Gasteiger partial charge on any atom is -0.481 e. The van der Waals surface area contributed by atoms with Crippen LogP contribution in [0.1, 0.15) is 24.8 Å². The van der Waals surface area contributed by atoms with Crippen molar-refractivity contribution in [2.24, 2.45) is 0 Å². The Kier molecular flexibility index (Phi) is 5.12. The number of carbonyl (C=O) groups excluding carboxylic acids is 1. The molecule has 1 aromatic rings. The Labute approximate surface area is 118 Å². The number of para-hydroxylation sites is 1. The number of hydrogen-bond donors (Lipinski definition) is 2. The average molecular weight is 276 g/mol. The minimum absolute atomic E-state index is 0.0486. The zero-order valence-electron chi connectivity index (χ0n) is 11.5. The van der Waals surface area contributed by atoms with Crippen LogP contribution in [0.4, 0.5) is 5.69 Å². The lowest BCUT2D eigenvalue weighted by atomic mass is 10.0. The van der Waals surface area contributed by atoms with Crippen molar-refractivity contribution in [3.63, 3.8) is 0 Å². The van der Waals surface area contributed by atoms with Crippen LogP contribution in [0.3, 0.4) is 0 Å². The summed E-state index contributed by atoms with van der Waals surface area (Å²) in [5.41, 5.74) is 2.23. The maximum absolute atomic E-state index is 12.2. The molecule has 0 saturated heterocycles. The van der Waals surface area contributed by atoms with E-state index in [0.717, 1.165) is 25.1 Å². The smallest absolute Gasteiger partial charge is 0.303 e. The first-order valence-corrected chi connectivity index (χ1v) is 6.99. The lowest BCUT2D eigenvalue weighted by Crippen LogP contribution is -2.41. The van der Waals surface area contributed by atoms with Crippen molar-refractivity contribution in [3.05, 3.63) is 29.8 Å². The van der Waals surface area contributed by atoms with Gasteiger partial charge < -0.3 is 15.3 Å². The molecule has 2 rings (SSSR count). The lowest BCUT2D eigenvalue weighted by molar-refractivity contribution is -0.137. The van der Waals surface area contributed by atoms with Crippen LogP contribution in [0.25, 0.3) is 0 Å². The van der Waals surface area contributed by atoms with E-state index >= 15 is 0 Å². The maximum Gasteiger partial charge on any atom is 0.303 e. The molecule has 20 heavy (non-hydrogen) atoms. The number of aryl methyl sites for hydroxylation is 1. The van der Waals surface area contributed by atoms with Crippen molar-refractivity contribution in [2.75, 3.05) is 24.5 Å². The van der Waals surface area contributed by atoms with Crippen molar-refractivity contribution >= 4 is 17.6 Å². The van der Waals surface area contributed by atoms with Gasteiger partial charge in [0.25, 0.3) is 0 Å². The minimum atomic E-state index is -0.803. The summed E-state index contributed by atoms with van der Waals surface area (Å²) in [7, 11) is 0. The summed E-state index contributed by atoms with van der Waals surface area (Å²) >= 11 is 0. The van der Waals surface area contributed by atoms with Gasteiger partial charge in [0.1, 0.15) is 0 Å². The number of hydrogen-bond acceptors (Lipinski definition) is 3. The second-order valence-corrected chi connectivity index (χ2v) is 4.95. The van der Waals surface area contributed by atoms with Gasteiger partial charge in [-0.15, -0.1) is 0 Å². The average Bonchev–Trinajstić information content (AvgIpc) is 2.45. The van der Waals surface area contributed by atoms with E-state index in [1.807, 2.05) is 23.1 Å². The van der Waals surface area contributed by atoms with Crippen LogP contribution in [0, 0.1) is 0 Å². The van der Waals surface area contributed by atoms with E-state index in [-0.39, 0.29) is 18.9 Å². The third kappa shape index (κ3) is 3.81. The first-order valence-electron chi connectivity index (χ1n) is 6.99. The molecule has 5 heteroatoms. The number of carbonyl (C=O) groups is 2. The first kappa shape index (κ1) is 14.5. The summed E-state index contributed by atoms with van der Waals surface area (Å²) in [4.78, 5) is 24.4. The van der Waals surface area contributed by atoms with Gasteiger partial charge in [0, 0.05) is 18.7 Å². The molecule has 0 spiro atoms. The van der Waals surface area contributed by atoms with Gasteiger partial charge >= 0.3 is 5.97 Å². The molecule has 0 bridgehead atoms. The van der Waals surface area contributed by atoms with Crippen molar-refractivity contribution in [2.45, 2.75) is 25.7 Å². The van der Waals surface area contributed by atoms with Crippen molar-refractivity contribution in [3.8, 4) is 0 Å². The molecule has 5 nitrogen and oxygen atoms in total. The van der Waals surface area contributed by atoms with E-state index in [0.29, 0.717) is 13.0 Å². The molecule has 1 aromatic carbocycles. The van der Waals surface area contributed by atoms with Gasteiger partial charge in [-0.2, -0.15) is 0 Å². The van der Waals surface area contributed by atoms with Crippen LogP contribution in [0.2, 0.25) is 0 Å². The SMILES string of the molecule is O=C(O)CCCNCC(=O)N1CCCc2ccccc21. The van der Waals surface area contributed by atoms with Crippen molar-refractivity contribution < 1.29 is 14.7 Å². The van der Waals surface area contributed by atoms with E-state index in [1.54, 1.807) is 0 Å². The summed E-state index contributed by atoms with van der Waals surface area (Å²) in [5.74, 6) is -0.754. The predicted octanol–water partition coefficient (Wildman–Crippen LogP) is 1.42. The van der Waals surface area contributed by atoms with Gasteiger partial charge in [0.2, 0.25) is 5.91 Å². The highest BCUT2D eigenvalue weighted by molar-refractivity contribution is 5.95. The van der Waals surface area contributed by atoms with E-state index in [9.17, 15) is 9.59 Å². The van der Waals surface area contributed by atoms with Crippen LogP contribution in [-0.2, 0) is 16.0 Å². The molecule has 0 atom stereocenters. The van der Waals surface area contributed by atoms with Crippen LogP contribution in [-0.4, -0.2) is 36.6 Å². The second-order valence-electron chi connectivity index (χ2n) is 4.95. The zero-order chi connectivity index (χ0) is 14.4. The van der Waals surface area contributed by atoms with Gasteiger partial charge in [-0.25, -0.2) is 0 Å². The standard InChI is InChI=1S/C15H20N2O3/c18-14(11-16-9-3-8-15(19)20)17-10-4-6-12-5-1-2-7-13(12)17/h1-2,5,7,16H,3-4,6,8-11H2,(H,19,20). The largest absolute Gasteiger partial charge is 0.481 e. The van der Waals surface area contributed by atoms with Crippen LogP contribution in [0.5, 0.6) is 0 Å². The third-order valence-electron chi connectivity index (χ3n) is 3.43. The highest BCUT2D eigenvalue weighted by Gasteiger charge is 2.21. The highest BCUT2D eigenvalue weighted by atomic mass is 16.4. The molecule has 1 heterocycles. The van der Waals surface area contributed by atoms with E-state index in [4.69, 9.17) is 5.11 Å². The van der Waals surface area contributed by atoms with Gasteiger partial charge in [-0.1, -0.05) is 18.2 Å². The molecular weight excluding hydrogens is 256 g/mol. The third-order valence-corrected chi connectivity index (χ3v) is 3.43. The molecule has 0 saturated carbocycles. The van der Waals surface area contributed by atoms with Crippen molar-refractivity contribution in [1.82, 2.24) is 5.32 Å². The molecule has 1 amide bonds. The lowest BCUT2D eigenvalue weighted by Gasteiger charge is -2.29. The highest BCUT2D eigenvalue weighted by Crippen LogP contribution is 2.26. The number of rotatable bonds is 6. The van der Waals surface area contributed by atoms with Gasteiger partial charge in [-0.3, -0.25) is 9.59 Å². The fourth-order valence-electron chi connectivity index (χ4n) is 2.45. The quantitative estimate of drug-likeness (QED) is 0.771. The number of carboxylic acids is 1. The maximum atomic E-state index is 12.2. The van der Waals surface area contributed by atoms with Crippen LogP contribution < -0.4 is 10.2 Å². The molecule has 0 aliphatic carbocycles. The normalized spacial score (nSPS) is 13.9. The Morgan fingerprint density at radius 2 is 2.10 bits per heavy atom. The second kappa shape index (κ2) is 7.05. The Bertz CT molecular complexity index is 488. The number of anilines is 1. The summed E-state index contributed by atoms with van der Waals surface area (Å²) in [5, 5.41) is 11.5. The Balaban J connectivity index is 1.83. The Morgan fingerprint density at radius 1 is 1.30 bits per heavy atom. The molecule has 2 N–H and O–H groups in total. The number of nitrogens with zero attached hydrogens (tertiary/aromatic N) is 1. The van der Waals surface area contributed by atoms with Gasteiger partial charge in [0.15, 0.2) is 0 Å². The number of benzene rings is 1. The molecule has 0 radical (unpaired) electrons. The zero-order valence-corrected chi connectivity index (χ0v) is 11.5. The molecule has 0 fully saturated rings. The Hall–Kier alpha value is -1.88. The monoisotopic (exact) mass is 276 g/mol. The molecule has 0 aromatic heterocycles. The summed E-state index contributed by atoms with van der Waals surface area (Å²) in [6, 6.07) is 7.99. The molecule has 108 valence electrons. The predicted molar refractivity (Wildman–Crippen MR) is 76.9 cm³/mol. The van der Waals surface area contributed by atoms with Crippen LogP contribution >= 0.6 is 0 Å². The number of amides is 1. The number of nitrogens with one attached hydrogen (secondary N) is 1.